The predicted molar refractivity (Wildman–Crippen MR) is 82.6 cm³/mol. The molecular formula is C17H27NO2. The Morgan fingerprint density at radius 1 is 1.05 bits per heavy atom. The zero-order chi connectivity index (χ0) is 14.8. The Balaban J connectivity index is 2.66. The average molecular weight is 277 g/mol. The molecule has 0 bridgehead atoms. The van der Waals surface area contributed by atoms with E-state index < -0.39 is 0 Å². The Morgan fingerprint density at radius 2 is 1.75 bits per heavy atom. The number of aryl methyl sites for hydroxylation is 1. The number of carbonyl (C=O) groups excluding carboxylic acids is 1. The van der Waals surface area contributed by atoms with E-state index in [1.807, 2.05) is 38.1 Å². The molecule has 0 amide bonds. The molecule has 0 fully saturated rings. The number of nitrogens with zero attached hydrogens (tertiary/aromatic N) is 1. The second-order valence-electron chi connectivity index (χ2n) is 4.96. The van der Waals surface area contributed by atoms with Crippen LogP contribution >= 0.6 is 0 Å². The fourth-order valence-electron chi connectivity index (χ4n) is 2.20. The number of carbonyl (C=O) groups is 1. The van der Waals surface area contributed by atoms with Crippen LogP contribution in [0, 0.1) is 0 Å². The van der Waals surface area contributed by atoms with E-state index >= 15 is 0 Å². The number of benzene rings is 1. The van der Waals surface area contributed by atoms with Gasteiger partial charge in [0.2, 0.25) is 0 Å². The van der Waals surface area contributed by atoms with Crippen molar-refractivity contribution in [2.75, 3.05) is 13.1 Å². The van der Waals surface area contributed by atoms with Crippen LogP contribution in [0.3, 0.4) is 0 Å². The summed E-state index contributed by atoms with van der Waals surface area (Å²) in [7, 11) is 0. The lowest BCUT2D eigenvalue weighted by molar-refractivity contribution is -0.103. The smallest absolute Gasteiger partial charge is 0.357 e. The maximum absolute atomic E-state index is 12.2. The number of rotatable bonds is 9. The summed E-state index contributed by atoms with van der Waals surface area (Å²) in [5.41, 5.74) is 1.80. The molecular weight excluding hydrogens is 250 g/mol. The predicted octanol–water partition coefficient (Wildman–Crippen LogP) is 4.22. The monoisotopic (exact) mass is 277 g/mol. The lowest BCUT2D eigenvalue weighted by Gasteiger charge is -2.18. The van der Waals surface area contributed by atoms with Crippen LogP contribution in [0.5, 0.6) is 0 Å². The van der Waals surface area contributed by atoms with Gasteiger partial charge in [-0.15, -0.1) is 5.06 Å². The molecule has 0 saturated carbocycles. The minimum Gasteiger partial charge on any atom is -0.364 e. The molecule has 0 atom stereocenters. The second kappa shape index (κ2) is 9.54. The molecule has 0 aliphatic heterocycles. The molecule has 0 radical (unpaired) electrons. The molecule has 0 saturated heterocycles. The molecule has 1 aromatic carbocycles. The minimum atomic E-state index is -0.236. The maximum Gasteiger partial charge on any atom is 0.357 e. The molecule has 0 heterocycles. The molecule has 20 heavy (non-hydrogen) atoms. The van der Waals surface area contributed by atoms with Crippen LogP contribution < -0.4 is 0 Å². The van der Waals surface area contributed by atoms with Crippen LogP contribution in [-0.2, 0) is 11.3 Å². The van der Waals surface area contributed by atoms with E-state index in [1.165, 1.54) is 19.3 Å². The summed E-state index contributed by atoms with van der Waals surface area (Å²) in [5.74, 6) is -0.236. The Kier molecular flexibility index (Phi) is 7.97. The Labute approximate surface area is 122 Å². The van der Waals surface area contributed by atoms with E-state index in [2.05, 4.69) is 6.92 Å². The topological polar surface area (TPSA) is 29.5 Å². The molecule has 1 aromatic rings. The van der Waals surface area contributed by atoms with Gasteiger partial charge in [0.15, 0.2) is 0 Å². The number of hydrogen-bond acceptors (Lipinski definition) is 3. The highest BCUT2D eigenvalue weighted by Crippen LogP contribution is 2.15. The standard InChI is InChI=1S/C17H27NO2/c1-4-7-8-9-12-15-13-10-11-14-16(15)17(19)20-18(5-2)6-3/h10-11,13-14H,4-9,12H2,1-3H3. The second-order valence-corrected chi connectivity index (χ2v) is 4.96. The van der Waals surface area contributed by atoms with Gasteiger partial charge in [-0.25, -0.2) is 4.79 Å². The zero-order valence-corrected chi connectivity index (χ0v) is 13.0. The number of hydrogen-bond donors (Lipinski definition) is 0. The van der Waals surface area contributed by atoms with Gasteiger partial charge in [0.1, 0.15) is 0 Å². The van der Waals surface area contributed by atoms with E-state index in [0.717, 1.165) is 18.4 Å². The molecule has 3 nitrogen and oxygen atoms in total. The van der Waals surface area contributed by atoms with Crippen molar-refractivity contribution in [1.82, 2.24) is 5.06 Å². The third kappa shape index (κ3) is 5.33. The van der Waals surface area contributed by atoms with Crippen molar-refractivity contribution in [1.29, 1.82) is 0 Å². The van der Waals surface area contributed by atoms with Crippen molar-refractivity contribution in [3.05, 3.63) is 35.4 Å². The summed E-state index contributed by atoms with van der Waals surface area (Å²) in [4.78, 5) is 17.6. The zero-order valence-electron chi connectivity index (χ0n) is 13.0. The summed E-state index contributed by atoms with van der Waals surface area (Å²) < 4.78 is 0. The van der Waals surface area contributed by atoms with Crippen molar-refractivity contribution in [2.24, 2.45) is 0 Å². The van der Waals surface area contributed by atoms with Gasteiger partial charge < -0.3 is 4.84 Å². The SMILES string of the molecule is CCCCCCc1ccccc1C(=O)ON(CC)CC. The summed E-state index contributed by atoms with van der Waals surface area (Å²) in [5, 5.41) is 1.68. The summed E-state index contributed by atoms with van der Waals surface area (Å²) in [6.07, 6.45) is 5.78. The molecule has 0 aromatic heterocycles. The molecule has 0 aliphatic carbocycles. The first-order valence-corrected chi connectivity index (χ1v) is 7.78. The Hall–Kier alpha value is -1.35. The minimum absolute atomic E-state index is 0.236. The van der Waals surface area contributed by atoms with Crippen molar-refractivity contribution in [2.45, 2.75) is 52.9 Å². The molecule has 0 aliphatic rings. The quantitative estimate of drug-likeness (QED) is 0.500. The average Bonchev–Trinajstić information content (AvgIpc) is 2.49. The summed E-state index contributed by atoms with van der Waals surface area (Å²) in [6.45, 7) is 7.58. The first-order valence-electron chi connectivity index (χ1n) is 7.78. The molecule has 0 N–H and O–H groups in total. The van der Waals surface area contributed by atoms with Gasteiger partial charge in [-0.05, 0) is 38.3 Å². The molecule has 3 heteroatoms. The van der Waals surface area contributed by atoms with Crippen LogP contribution in [0.1, 0.15) is 62.4 Å². The van der Waals surface area contributed by atoms with E-state index in [9.17, 15) is 4.79 Å². The van der Waals surface area contributed by atoms with Gasteiger partial charge >= 0.3 is 5.97 Å². The molecule has 0 unspecified atom stereocenters. The van der Waals surface area contributed by atoms with Gasteiger partial charge in [-0.3, -0.25) is 0 Å². The van der Waals surface area contributed by atoms with Crippen LogP contribution in [0.2, 0.25) is 0 Å². The first kappa shape index (κ1) is 16.7. The van der Waals surface area contributed by atoms with Crippen molar-refractivity contribution in [3.8, 4) is 0 Å². The normalized spacial score (nSPS) is 10.8. The van der Waals surface area contributed by atoms with Crippen LogP contribution in [0.25, 0.3) is 0 Å². The van der Waals surface area contributed by atoms with Gasteiger partial charge in [0, 0.05) is 13.1 Å². The molecule has 1 rings (SSSR count). The van der Waals surface area contributed by atoms with Gasteiger partial charge in [0.25, 0.3) is 0 Å². The first-order chi connectivity index (χ1) is 9.72. The van der Waals surface area contributed by atoms with Gasteiger partial charge in [-0.1, -0.05) is 44.4 Å². The maximum atomic E-state index is 12.2. The fraction of sp³-hybridized carbons (Fsp3) is 0.588. The summed E-state index contributed by atoms with van der Waals surface area (Å²) >= 11 is 0. The van der Waals surface area contributed by atoms with Crippen molar-refractivity contribution >= 4 is 5.97 Å². The van der Waals surface area contributed by atoms with Crippen LogP contribution in [0.4, 0.5) is 0 Å². The highest BCUT2D eigenvalue weighted by Gasteiger charge is 2.14. The molecule has 112 valence electrons. The van der Waals surface area contributed by atoms with E-state index in [-0.39, 0.29) is 5.97 Å². The highest BCUT2D eigenvalue weighted by atomic mass is 16.7. The summed E-state index contributed by atoms with van der Waals surface area (Å²) in [6, 6.07) is 7.78. The largest absolute Gasteiger partial charge is 0.364 e. The third-order valence-electron chi connectivity index (χ3n) is 3.45. The van der Waals surface area contributed by atoms with Crippen LogP contribution in [0.15, 0.2) is 24.3 Å². The fourth-order valence-corrected chi connectivity index (χ4v) is 2.20. The van der Waals surface area contributed by atoms with Crippen molar-refractivity contribution in [3.63, 3.8) is 0 Å². The van der Waals surface area contributed by atoms with E-state index in [0.29, 0.717) is 18.7 Å². The van der Waals surface area contributed by atoms with E-state index in [1.54, 1.807) is 5.06 Å². The van der Waals surface area contributed by atoms with Crippen molar-refractivity contribution < 1.29 is 9.63 Å². The van der Waals surface area contributed by atoms with Gasteiger partial charge in [0.05, 0.1) is 5.56 Å². The lowest BCUT2D eigenvalue weighted by atomic mass is 10.0. The van der Waals surface area contributed by atoms with Crippen LogP contribution in [-0.4, -0.2) is 24.1 Å². The van der Waals surface area contributed by atoms with Gasteiger partial charge in [-0.2, -0.15) is 0 Å². The Morgan fingerprint density at radius 3 is 2.40 bits per heavy atom. The lowest BCUT2D eigenvalue weighted by Crippen LogP contribution is -2.27. The Bertz CT molecular complexity index is 400. The third-order valence-corrected chi connectivity index (χ3v) is 3.45. The van der Waals surface area contributed by atoms with E-state index in [4.69, 9.17) is 4.84 Å². The number of hydroxylamine groups is 2. The highest BCUT2D eigenvalue weighted by molar-refractivity contribution is 5.90. The number of unbranched alkanes of at least 4 members (excludes halogenated alkanes) is 3. The molecule has 0 spiro atoms.